The molecule has 1 rings (SSSR count). The summed E-state index contributed by atoms with van der Waals surface area (Å²) in [6.07, 6.45) is 0.0419. The molecule has 1 unspecified atom stereocenters. The minimum atomic E-state index is -0.546. The molecule has 4 heteroatoms. The van der Waals surface area contributed by atoms with Crippen LogP contribution in [-0.2, 0) is 16.1 Å². The summed E-state index contributed by atoms with van der Waals surface area (Å²) < 4.78 is 10.9. The van der Waals surface area contributed by atoms with Crippen LogP contribution in [0.25, 0.3) is 0 Å². The van der Waals surface area contributed by atoms with E-state index in [1.165, 1.54) is 0 Å². The largest absolute Gasteiger partial charge is 0.478 e. The van der Waals surface area contributed by atoms with Gasteiger partial charge in [-0.15, -0.1) is 0 Å². The van der Waals surface area contributed by atoms with Crippen molar-refractivity contribution in [2.45, 2.75) is 52.8 Å². The van der Waals surface area contributed by atoms with Gasteiger partial charge < -0.3 is 14.8 Å². The fourth-order valence-electron chi connectivity index (χ4n) is 1.77. The van der Waals surface area contributed by atoms with Crippen molar-refractivity contribution in [3.05, 3.63) is 29.8 Å². The molecule has 0 aromatic heterocycles. The minimum absolute atomic E-state index is 0.304. The second kappa shape index (κ2) is 8.59. The van der Waals surface area contributed by atoms with Crippen LogP contribution in [0.2, 0.25) is 0 Å². The van der Waals surface area contributed by atoms with Crippen LogP contribution in [0.15, 0.2) is 24.3 Å². The van der Waals surface area contributed by atoms with Gasteiger partial charge in [-0.1, -0.05) is 39.0 Å². The van der Waals surface area contributed by atoms with Crippen LogP contribution < -0.4 is 10.1 Å². The Labute approximate surface area is 121 Å². The summed E-state index contributed by atoms with van der Waals surface area (Å²) in [5.74, 6) is 0.433. The maximum absolute atomic E-state index is 11.8. The van der Waals surface area contributed by atoms with E-state index in [4.69, 9.17) is 9.47 Å². The van der Waals surface area contributed by atoms with E-state index >= 15 is 0 Å². The minimum Gasteiger partial charge on any atom is -0.478 e. The molecule has 0 spiro atoms. The molecule has 0 fully saturated rings. The average Bonchev–Trinajstić information content (AvgIpc) is 2.43. The summed E-state index contributed by atoms with van der Waals surface area (Å²) in [5, 5.41) is 3.35. The average molecular weight is 279 g/mol. The molecule has 0 radical (unpaired) electrons. The molecule has 4 nitrogen and oxygen atoms in total. The van der Waals surface area contributed by atoms with Gasteiger partial charge >= 0.3 is 5.97 Å². The number of carbonyl (C=O) groups is 1. The Hall–Kier alpha value is -1.55. The molecule has 20 heavy (non-hydrogen) atoms. The lowest BCUT2D eigenvalue weighted by Crippen LogP contribution is -2.29. The molecular weight excluding hydrogens is 254 g/mol. The molecular formula is C16H25NO3. The molecule has 1 aromatic rings. The molecule has 0 saturated carbocycles. The van der Waals surface area contributed by atoms with Crippen molar-refractivity contribution in [3.8, 4) is 5.75 Å². The lowest BCUT2D eigenvalue weighted by Gasteiger charge is -2.19. The number of carbonyl (C=O) groups excluding carboxylic acids is 1. The highest BCUT2D eigenvalue weighted by Gasteiger charge is 2.20. The van der Waals surface area contributed by atoms with Crippen molar-refractivity contribution in [1.82, 2.24) is 5.32 Å². The van der Waals surface area contributed by atoms with E-state index in [9.17, 15) is 4.79 Å². The van der Waals surface area contributed by atoms with E-state index in [-0.39, 0.29) is 5.97 Å². The van der Waals surface area contributed by atoms with Gasteiger partial charge in [-0.25, -0.2) is 4.79 Å². The second-order valence-electron chi connectivity index (χ2n) is 4.91. The van der Waals surface area contributed by atoms with Crippen LogP contribution in [0.3, 0.4) is 0 Å². The topological polar surface area (TPSA) is 47.6 Å². The quantitative estimate of drug-likeness (QED) is 0.743. The van der Waals surface area contributed by atoms with Gasteiger partial charge in [0.1, 0.15) is 5.75 Å². The van der Waals surface area contributed by atoms with E-state index in [0.717, 1.165) is 11.3 Å². The molecule has 0 aliphatic heterocycles. The number of rotatable bonds is 8. The summed E-state index contributed by atoms with van der Waals surface area (Å²) in [6, 6.07) is 8.17. The summed E-state index contributed by atoms with van der Waals surface area (Å²) in [7, 11) is 0. The number of benzene rings is 1. The fraction of sp³-hybridized carbons (Fsp3) is 0.562. The van der Waals surface area contributed by atoms with Gasteiger partial charge in [0, 0.05) is 18.2 Å². The SMILES string of the molecule is CCOC(=O)C(CC)Oc1ccccc1CNC(C)C. The van der Waals surface area contributed by atoms with Crippen molar-refractivity contribution in [2.75, 3.05) is 6.61 Å². The van der Waals surface area contributed by atoms with Gasteiger partial charge in [0.15, 0.2) is 6.10 Å². The first-order valence-electron chi connectivity index (χ1n) is 7.23. The summed E-state index contributed by atoms with van der Waals surface area (Å²) in [6.45, 7) is 8.98. The number of esters is 1. The number of hydrogen-bond acceptors (Lipinski definition) is 4. The number of para-hydroxylation sites is 1. The Morgan fingerprint density at radius 1 is 1.25 bits per heavy atom. The number of nitrogens with one attached hydrogen (secondary N) is 1. The third-order valence-corrected chi connectivity index (χ3v) is 2.86. The maximum Gasteiger partial charge on any atom is 0.347 e. The van der Waals surface area contributed by atoms with Crippen molar-refractivity contribution in [3.63, 3.8) is 0 Å². The van der Waals surface area contributed by atoms with Gasteiger partial charge in [-0.2, -0.15) is 0 Å². The summed E-state index contributed by atoms with van der Waals surface area (Å²) in [5.41, 5.74) is 1.05. The Morgan fingerprint density at radius 2 is 1.95 bits per heavy atom. The highest BCUT2D eigenvalue weighted by Crippen LogP contribution is 2.20. The van der Waals surface area contributed by atoms with Crippen LogP contribution in [0.5, 0.6) is 5.75 Å². The monoisotopic (exact) mass is 279 g/mol. The van der Waals surface area contributed by atoms with Gasteiger partial charge in [0.25, 0.3) is 0 Å². The molecule has 0 aliphatic rings. The zero-order chi connectivity index (χ0) is 15.0. The number of hydrogen-bond donors (Lipinski definition) is 1. The Morgan fingerprint density at radius 3 is 2.55 bits per heavy atom. The zero-order valence-corrected chi connectivity index (χ0v) is 12.8. The van der Waals surface area contributed by atoms with E-state index in [1.54, 1.807) is 6.92 Å². The van der Waals surface area contributed by atoms with Crippen LogP contribution >= 0.6 is 0 Å². The van der Waals surface area contributed by atoms with Crippen LogP contribution in [-0.4, -0.2) is 24.7 Å². The van der Waals surface area contributed by atoms with Crippen molar-refractivity contribution >= 4 is 5.97 Å². The predicted octanol–water partition coefficient (Wildman–Crippen LogP) is 2.91. The summed E-state index contributed by atoms with van der Waals surface area (Å²) in [4.78, 5) is 11.8. The molecule has 1 aromatic carbocycles. The van der Waals surface area contributed by atoms with Crippen molar-refractivity contribution < 1.29 is 14.3 Å². The second-order valence-corrected chi connectivity index (χ2v) is 4.91. The molecule has 0 bridgehead atoms. The third kappa shape index (κ3) is 5.21. The van der Waals surface area contributed by atoms with E-state index in [1.807, 2.05) is 31.2 Å². The zero-order valence-electron chi connectivity index (χ0n) is 12.8. The van der Waals surface area contributed by atoms with Crippen LogP contribution in [0, 0.1) is 0 Å². The first kappa shape index (κ1) is 16.5. The third-order valence-electron chi connectivity index (χ3n) is 2.86. The summed E-state index contributed by atoms with van der Waals surface area (Å²) >= 11 is 0. The smallest absolute Gasteiger partial charge is 0.347 e. The predicted molar refractivity (Wildman–Crippen MR) is 79.8 cm³/mol. The van der Waals surface area contributed by atoms with E-state index in [0.29, 0.717) is 25.6 Å². The van der Waals surface area contributed by atoms with Crippen LogP contribution in [0.1, 0.15) is 39.7 Å². The first-order chi connectivity index (χ1) is 9.58. The van der Waals surface area contributed by atoms with Crippen LogP contribution in [0.4, 0.5) is 0 Å². The number of ether oxygens (including phenoxy) is 2. The molecule has 112 valence electrons. The molecule has 0 aliphatic carbocycles. The molecule has 1 N–H and O–H groups in total. The highest BCUT2D eigenvalue weighted by atomic mass is 16.6. The van der Waals surface area contributed by atoms with Crippen molar-refractivity contribution in [2.24, 2.45) is 0 Å². The lowest BCUT2D eigenvalue weighted by atomic mass is 10.2. The Bertz CT molecular complexity index is 418. The Balaban J connectivity index is 2.76. The molecule has 1 atom stereocenters. The lowest BCUT2D eigenvalue weighted by molar-refractivity contribution is -0.151. The van der Waals surface area contributed by atoms with Gasteiger partial charge in [-0.05, 0) is 19.4 Å². The highest BCUT2D eigenvalue weighted by molar-refractivity contribution is 5.75. The Kier molecular flexibility index (Phi) is 7.09. The molecule has 0 heterocycles. The fourth-order valence-corrected chi connectivity index (χ4v) is 1.77. The van der Waals surface area contributed by atoms with Gasteiger partial charge in [0.2, 0.25) is 0 Å². The van der Waals surface area contributed by atoms with E-state index in [2.05, 4.69) is 19.2 Å². The van der Waals surface area contributed by atoms with E-state index < -0.39 is 6.10 Å². The first-order valence-corrected chi connectivity index (χ1v) is 7.23. The maximum atomic E-state index is 11.8. The van der Waals surface area contributed by atoms with Gasteiger partial charge in [-0.3, -0.25) is 0 Å². The standard InChI is InChI=1S/C16H25NO3/c1-5-14(16(18)19-6-2)20-15-10-8-7-9-13(15)11-17-12(3)4/h7-10,12,14,17H,5-6,11H2,1-4H3. The molecule has 0 saturated heterocycles. The normalized spacial score (nSPS) is 12.2. The van der Waals surface area contributed by atoms with Gasteiger partial charge in [0.05, 0.1) is 6.61 Å². The molecule has 0 amide bonds. The van der Waals surface area contributed by atoms with Crippen molar-refractivity contribution in [1.29, 1.82) is 0 Å².